The number of carbonyl (C=O) groups is 1. The van der Waals surface area contributed by atoms with E-state index < -0.39 is 0 Å². The molecule has 0 aromatic heterocycles. The highest BCUT2D eigenvalue weighted by Gasteiger charge is 2.00. The molecular formula is C12H18N2O. The number of nitrogens with one attached hydrogen (secondary N) is 2. The van der Waals surface area contributed by atoms with Crippen LogP contribution in [0.25, 0.3) is 0 Å². The van der Waals surface area contributed by atoms with Crippen LogP contribution in [-0.2, 0) is 4.79 Å². The number of hydrogen-bond donors (Lipinski definition) is 2. The lowest BCUT2D eigenvalue weighted by Crippen LogP contribution is -2.10. The second-order valence-corrected chi connectivity index (χ2v) is 3.41. The number of rotatable bonds is 5. The second kappa shape index (κ2) is 6.06. The van der Waals surface area contributed by atoms with Crippen molar-refractivity contribution in [1.82, 2.24) is 0 Å². The largest absolute Gasteiger partial charge is 0.385 e. The quantitative estimate of drug-likeness (QED) is 0.777. The van der Waals surface area contributed by atoms with Crippen LogP contribution in [0.1, 0.15) is 26.7 Å². The van der Waals surface area contributed by atoms with E-state index in [1.54, 1.807) is 0 Å². The topological polar surface area (TPSA) is 41.1 Å². The van der Waals surface area contributed by atoms with E-state index in [0.29, 0.717) is 6.42 Å². The molecule has 1 aromatic rings. The summed E-state index contributed by atoms with van der Waals surface area (Å²) < 4.78 is 0. The van der Waals surface area contributed by atoms with Crippen LogP contribution in [0.4, 0.5) is 11.4 Å². The summed E-state index contributed by atoms with van der Waals surface area (Å²) in [6, 6.07) is 7.75. The van der Waals surface area contributed by atoms with E-state index in [-0.39, 0.29) is 5.91 Å². The highest BCUT2D eigenvalue weighted by atomic mass is 16.1. The molecule has 0 heterocycles. The van der Waals surface area contributed by atoms with Crippen molar-refractivity contribution in [2.75, 3.05) is 17.2 Å². The molecule has 0 saturated carbocycles. The molecule has 0 aliphatic rings. The van der Waals surface area contributed by atoms with Gasteiger partial charge in [-0.1, -0.05) is 13.0 Å². The molecule has 0 unspecified atom stereocenters. The van der Waals surface area contributed by atoms with Crippen molar-refractivity contribution < 1.29 is 4.79 Å². The molecule has 0 bridgehead atoms. The van der Waals surface area contributed by atoms with Gasteiger partial charge in [0.25, 0.3) is 0 Å². The average molecular weight is 206 g/mol. The van der Waals surface area contributed by atoms with Crippen LogP contribution in [0.3, 0.4) is 0 Å². The summed E-state index contributed by atoms with van der Waals surface area (Å²) in [4.78, 5) is 11.4. The van der Waals surface area contributed by atoms with E-state index in [2.05, 4.69) is 10.6 Å². The van der Waals surface area contributed by atoms with Gasteiger partial charge < -0.3 is 10.6 Å². The Kier molecular flexibility index (Phi) is 4.68. The van der Waals surface area contributed by atoms with Gasteiger partial charge in [-0.2, -0.15) is 0 Å². The number of benzene rings is 1. The molecule has 0 fully saturated rings. The molecule has 1 amide bonds. The molecule has 0 atom stereocenters. The Bertz CT molecular complexity index is 323. The third-order valence-corrected chi connectivity index (χ3v) is 2.00. The second-order valence-electron chi connectivity index (χ2n) is 3.41. The van der Waals surface area contributed by atoms with Gasteiger partial charge in [0, 0.05) is 24.3 Å². The van der Waals surface area contributed by atoms with Gasteiger partial charge in [-0.15, -0.1) is 0 Å². The molecule has 0 radical (unpaired) electrons. The van der Waals surface area contributed by atoms with Gasteiger partial charge in [0.15, 0.2) is 0 Å². The minimum atomic E-state index is 0.0751. The first-order valence-electron chi connectivity index (χ1n) is 5.40. The first-order chi connectivity index (χ1) is 7.26. The summed E-state index contributed by atoms with van der Waals surface area (Å²) in [5, 5.41) is 6.06. The van der Waals surface area contributed by atoms with E-state index in [9.17, 15) is 4.79 Å². The number of anilines is 2. The summed E-state index contributed by atoms with van der Waals surface area (Å²) in [5.74, 6) is 0.0751. The van der Waals surface area contributed by atoms with Crippen molar-refractivity contribution in [2.45, 2.75) is 26.7 Å². The van der Waals surface area contributed by atoms with Crippen molar-refractivity contribution >= 4 is 17.3 Å². The minimum absolute atomic E-state index is 0.0751. The molecule has 0 spiro atoms. The van der Waals surface area contributed by atoms with Crippen LogP contribution in [-0.4, -0.2) is 12.5 Å². The summed E-state index contributed by atoms with van der Waals surface area (Å²) in [6.07, 6.45) is 1.45. The van der Waals surface area contributed by atoms with Crippen LogP contribution >= 0.6 is 0 Å². The fourth-order valence-electron chi connectivity index (χ4n) is 1.36. The first-order valence-corrected chi connectivity index (χ1v) is 5.40. The third-order valence-electron chi connectivity index (χ3n) is 2.00. The lowest BCUT2D eigenvalue weighted by molar-refractivity contribution is -0.116. The maximum Gasteiger partial charge on any atom is 0.224 e. The smallest absolute Gasteiger partial charge is 0.224 e. The lowest BCUT2D eigenvalue weighted by atomic mass is 10.2. The molecule has 1 aromatic carbocycles. The van der Waals surface area contributed by atoms with Crippen LogP contribution in [0.5, 0.6) is 0 Å². The lowest BCUT2D eigenvalue weighted by Gasteiger charge is -2.07. The number of amides is 1. The van der Waals surface area contributed by atoms with Crippen molar-refractivity contribution in [2.24, 2.45) is 0 Å². The van der Waals surface area contributed by atoms with E-state index in [1.165, 1.54) is 0 Å². The first kappa shape index (κ1) is 11.6. The SMILES string of the molecule is CCCC(=O)Nc1cccc(NCC)c1. The Morgan fingerprint density at radius 1 is 1.27 bits per heavy atom. The van der Waals surface area contributed by atoms with Crippen molar-refractivity contribution in [3.8, 4) is 0 Å². The summed E-state index contributed by atoms with van der Waals surface area (Å²) in [7, 11) is 0. The molecule has 15 heavy (non-hydrogen) atoms. The van der Waals surface area contributed by atoms with E-state index >= 15 is 0 Å². The molecule has 1 rings (SSSR count). The predicted molar refractivity (Wildman–Crippen MR) is 64.1 cm³/mol. The molecule has 0 saturated heterocycles. The van der Waals surface area contributed by atoms with E-state index in [4.69, 9.17) is 0 Å². The Morgan fingerprint density at radius 3 is 2.67 bits per heavy atom. The summed E-state index contributed by atoms with van der Waals surface area (Å²) in [6.45, 7) is 4.92. The number of hydrogen-bond acceptors (Lipinski definition) is 2. The van der Waals surface area contributed by atoms with Gasteiger partial charge in [-0.3, -0.25) is 4.79 Å². The third kappa shape index (κ3) is 4.02. The van der Waals surface area contributed by atoms with Crippen molar-refractivity contribution in [3.05, 3.63) is 24.3 Å². The van der Waals surface area contributed by atoms with Gasteiger partial charge >= 0.3 is 0 Å². The van der Waals surface area contributed by atoms with Crippen LogP contribution < -0.4 is 10.6 Å². The fraction of sp³-hybridized carbons (Fsp3) is 0.417. The highest BCUT2D eigenvalue weighted by molar-refractivity contribution is 5.91. The predicted octanol–water partition coefficient (Wildman–Crippen LogP) is 2.86. The molecule has 3 nitrogen and oxygen atoms in total. The number of carbonyl (C=O) groups excluding carboxylic acids is 1. The van der Waals surface area contributed by atoms with Gasteiger partial charge in [0.2, 0.25) is 5.91 Å². The monoisotopic (exact) mass is 206 g/mol. The van der Waals surface area contributed by atoms with E-state index in [0.717, 1.165) is 24.3 Å². The maximum atomic E-state index is 11.4. The normalized spacial score (nSPS) is 9.73. The van der Waals surface area contributed by atoms with Crippen LogP contribution in [0.15, 0.2) is 24.3 Å². The van der Waals surface area contributed by atoms with Crippen molar-refractivity contribution in [3.63, 3.8) is 0 Å². The Hall–Kier alpha value is -1.51. The van der Waals surface area contributed by atoms with Crippen molar-refractivity contribution in [1.29, 1.82) is 0 Å². The molecule has 82 valence electrons. The summed E-state index contributed by atoms with van der Waals surface area (Å²) in [5.41, 5.74) is 1.89. The van der Waals surface area contributed by atoms with Gasteiger partial charge in [-0.25, -0.2) is 0 Å². The van der Waals surface area contributed by atoms with Crippen LogP contribution in [0, 0.1) is 0 Å². The molecule has 0 aliphatic carbocycles. The van der Waals surface area contributed by atoms with Gasteiger partial charge in [-0.05, 0) is 31.5 Å². The zero-order chi connectivity index (χ0) is 11.1. The minimum Gasteiger partial charge on any atom is -0.385 e. The molecular weight excluding hydrogens is 188 g/mol. The standard InChI is InChI=1S/C12H18N2O/c1-3-6-12(15)14-11-8-5-7-10(9-11)13-4-2/h5,7-9,13H,3-4,6H2,1-2H3,(H,14,15). The van der Waals surface area contributed by atoms with Crippen LogP contribution in [0.2, 0.25) is 0 Å². The highest BCUT2D eigenvalue weighted by Crippen LogP contribution is 2.15. The summed E-state index contributed by atoms with van der Waals surface area (Å²) >= 11 is 0. The van der Waals surface area contributed by atoms with E-state index in [1.807, 2.05) is 38.1 Å². The molecule has 0 aliphatic heterocycles. The Labute approximate surface area is 90.9 Å². The Balaban J connectivity index is 2.60. The zero-order valence-electron chi connectivity index (χ0n) is 9.34. The fourth-order valence-corrected chi connectivity index (χ4v) is 1.36. The van der Waals surface area contributed by atoms with Gasteiger partial charge in [0.05, 0.1) is 0 Å². The molecule has 3 heteroatoms. The zero-order valence-corrected chi connectivity index (χ0v) is 9.34. The van der Waals surface area contributed by atoms with Gasteiger partial charge in [0.1, 0.15) is 0 Å². The molecule has 2 N–H and O–H groups in total. The Morgan fingerprint density at radius 2 is 2.00 bits per heavy atom. The maximum absolute atomic E-state index is 11.4. The average Bonchev–Trinajstić information content (AvgIpc) is 2.19.